The predicted octanol–water partition coefficient (Wildman–Crippen LogP) is 2.48. The monoisotopic (exact) mass is 264 g/mol. The molecule has 0 N–H and O–H groups in total. The molecule has 0 spiro atoms. The fourth-order valence-electron chi connectivity index (χ4n) is 1.95. The van der Waals surface area contributed by atoms with E-state index >= 15 is 0 Å². The molecular weight excluding hydrogens is 244 g/mol. The largest absolute Gasteiger partial charge is 0.295 e. The first-order chi connectivity index (χ1) is 8.56. The number of hydrogen-bond donors (Lipinski definition) is 0. The summed E-state index contributed by atoms with van der Waals surface area (Å²) < 4.78 is 2.08. The molecule has 18 heavy (non-hydrogen) atoms. The van der Waals surface area contributed by atoms with Crippen LogP contribution in [0.25, 0.3) is 0 Å². The lowest BCUT2D eigenvalue weighted by Crippen LogP contribution is -2.33. The van der Waals surface area contributed by atoms with Crippen molar-refractivity contribution in [2.75, 3.05) is 7.05 Å². The third-order valence-electron chi connectivity index (χ3n) is 3.16. The Morgan fingerprint density at radius 3 is 2.78 bits per heavy atom. The third kappa shape index (κ3) is 3.17. The smallest absolute Gasteiger partial charge is 0.107 e. The van der Waals surface area contributed by atoms with Crippen LogP contribution in [0, 0.1) is 13.8 Å². The highest BCUT2D eigenvalue weighted by molar-refractivity contribution is 7.09. The Hall–Kier alpha value is -1.20. The van der Waals surface area contributed by atoms with Crippen LogP contribution in [0.4, 0.5) is 0 Å². The van der Waals surface area contributed by atoms with Gasteiger partial charge in [0.05, 0.1) is 18.8 Å². The number of likely N-dealkylation sites (N-methyl/N-ethyl adjacent to an activating group) is 1. The van der Waals surface area contributed by atoms with E-state index in [1.165, 1.54) is 5.69 Å². The van der Waals surface area contributed by atoms with E-state index in [1.54, 1.807) is 11.3 Å². The summed E-state index contributed by atoms with van der Waals surface area (Å²) in [7, 11) is 2.14. The van der Waals surface area contributed by atoms with E-state index in [-0.39, 0.29) is 0 Å². The summed E-state index contributed by atoms with van der Waals surface area (Å²) in [6.45, 7) is 8.19. The molecule has 4 nitrogen and oxygen atoms in total. The fraction of sp³-hybridized carbons (Fsp3) is 0.538. The Kier molecular flexibility index (Phi) is 4.14. The Bertz CT molecular complexity index is 489. The number of hydrogen-bond acceptors (Lipinski definition) is 4. The second-order valence-corrected chi connectivity index (χ2v) is 5.78. The lowest BCUT2D eigenvalue weighted by molar-refractivity contribution is 0.220. The maximum Gasteiger partial charge on any atom is 0.107 e. The SMILES string of the molecule is Cc1cc(C)n(CC(C)N(C)Cc2nccs2)n1. The van der Waals surface area contributed by atoms with Gasteiger partial charge in [0.15, 0.2) is 0 Å². The maximum atomic E-state index is 4.51. The van der Waals surface area contributed by atoms with Crippen LogP contribution in [-0.4, -0.2) is 32.8 Å². The minimum Gasteiger partial charge on any atom is -0.295 e. The summed E-state index contributed by atoms with van der Waals surface area (Å²) in [6.07, 6.45) is 1.86. The second-order valence-electron chi connectivity index (χ2n) is 4.80. The molecule has 2 aromatic heterocycles. The van der Waals surface area contributed by atoms with Gasteiger partial charge < -0.3 is 0 Å². The molecule has 2 heterocycles. The maximum absolute atomic E-state index is 4.51. The zero-order valence-corrected chi connectivity index (χ0v) is 12.2. The van der Waals surface area contributed by atoms with Crippen LogP contribution in [0.5, 0.6) is 0 Å². The fourth-order valence-corrected chi connectivity index (χ4v) is 2.63. The van der Waals surface area contributed by atoms with Crippen molar-refractivity contribution in [2.24, 2.45) is 0 Å². The number of aryl methyl sites for hydroxylation is 2. The summed E-state index contributed by atoms with van der Waals surface area (Å²) in [5.41, 5.74) is 2.31. The van der Waals surface area contributed by atoms with Crippen molar-refractivity contribution in [1.29, 1.82) is 0 Å². The molecule has 0 aliphatic carbocycles. The van der Waals surface area contributed by atoms with Gasteiger partial charge in [-0.1, -0.05) is 0 Å². The molecule has 1 atom stereocenters. The van der Waals surface area contributed by atoms with E-state index in [0.29, 0.717) is 6.04 Å². The van der Waals surface area contributed by atoms with Gasteiger partial charge in [-0.05, 0) is 33.9 Å². The van der Waals surface area contributed by atoms with Crippen LogP contribution in [0.15, 0.2) is 17.6 Å². The van der Waals surface area contributed by atoms with Crippen molar-refractivity contribution in [2.45, 2.75) is 39.9 Å². The molecule has 0 aliphatic rings. The van der Waals surface area contributed by atoms with Crippen LogP contribution in [-0.2, 0) is 13.1 Å². The van der Waals surface area contributed by atoms with E-state index in [9.17, 15) is 0 Å². The Morgan fingerprint density at radius 2 is 2.22 bits per heavy atom. The summed E-state index contributed by atoms with van der Waals surface area (Å²) in [6, 6.07) is 2.56. The zero-order chi connectivity index (χ0) is 13.1. The average molecular weight is 264 g/mol. The number of nitrogens with zero attached hydrogens (tertiary/aromatic N) is 4. The van der Waals surface area contributed by atoms with E-state index in [4.69, 9.17) is 0 Å². The van der Waals surface area contributed by atoms with Gasteiger partial charge in [-0.3, -0.25) is 9.58 Å². The second kappa shape index (κ2) is 5.63. The summed E-state index contributed by atoms with van der Waals surface area (Å²) >= 11 is 1.71. The van der Waals surface area contributed by atoms with Crippen molar-refractivity contribution in [3.63, 3.8) is 0 Å². The Balaban J connectivity index is 1.95. The molecule has 98 valence electrons. The molecule has 2 rings (SSSR count). The number of thiazole rings is 1. The first kappa shape index (κ1) is 13.2. The van der Waals surface area contributed by atoms with E-state index in [1.807, 2.05) is 18.5 Å². The Labute approximate surface area is 112 Å². The predicted molar refractivity (Wildman–Crippen MR) is 74.7 cm³/mol. The van der Waals surface area contributed by atoms with Crippen molar-refractivity contribution in [1.82, 2.24) is 19.7 Å². The van der Waals surface area contributed by atoms with Gasteiger partial charge in [-0.15, -0.1) is 11.3 Å². The van der Waals surface area contributed by atoms with Crippen LogP contribution < -0.4 is 0 Å². The molecule has 0 amide bonds. The molecule has 0 aliphatic heterocycles. The van der Waals surface area contributed by atoms with E-state index < -0.39 is 0 Å². The molecule has 0 saturated heterocycles. The van der Waals surface area contributed by atoms with Crippen LogP contribution in [0.1, 0.15) is 23.3 Å². The van der Waals surface area contributed by atoms with Crippen molar-refractivity contribution < 1.29 is 0 Å². The molecule has 0 bridgehead atoms. The van der Waals surface area contributed by atoms with Crippen LogP contribution >= 0.6 is 11.3 Å². The minimum absolute atomic E-state index is 0.437. The quantitative estimate of drug-likeness (QED) is 0.832. The number of aromatic nitrogens is 3. The van der Waals surface area contributed by atoms with Crippen molar-refractivity contribution >= 4 is 11.3 Å². The van der Waals surface area contributed by atoms with E-state index in [0.717, 1.165) is 23.8 Å². The zero-order valence-electron chi connectivity index (χ0n) is 11.4. The average Bonchev–Trinajstić information content (AvgIpc) is 2.89. The third-order valence-corrected chi connectivity index (χ3v) is 3.93. The normalized spacial score (nSPS) is 13.2. The summed E-state index contributed by atoms with van der Waals surface area (Å²) in [5, 5.41) is 7.69. The summed E-state index contributed by atoms with van der Waals surface area (Å²) in [5.74, 6) is 0. The standard InChI is InChI=1S/C13H20N4S/c1-10-7-11(2)17(15-10)8-12(3)16(4)9-13-14-5-6-18-13/h5-7,12H,8-9H2,1-4H3. The van der Waals surface area contributed by atoms with Crippen LogP contribution in [0.2, 0.25) is 0 Å². The number of rotatable bonds is 5. The highest BCUT2D eigenvalue weighted by Crippen LogP contribution is 2.11. The van der Waals surface area contributed by atoms with Gasteiger partial charge in [0.2, 0.25) is 0 Å². The first-order valence-electron chi connectivity index (χ1n) is 6.16. The molecule has 0 radical (unpaired) electrons. The van der Waals surface area contributed by atoms with Gasteiger partial charge >= 0.3 is 0 Å². The molecule has 0 fully saturated rings. The van der Waals surface area contributed by atoms with Gasteiger partial charge in [0.1, 0.15) is 5.01 Å². The van der Waals surface area contributed by atoms with Crippen molar-refractivity contribution in [3.8, 4) is 0 Å². The molecule has 0 saturated carbocycles. The van der Waals surface area contributed by atoms with Gasteiger partial charge in [-0.2, -0.15) is 5.10 Å². The van der Waals surface area contributed by atoms with Gasteiger partial charge in [-0.25, -0.2) is 4.98 Å². The first-order valence-corrected chi connectivity index (χ1v) is 7.04. The molecule has 2 aromatic rings. The van der Waals surface area contributed by atoms with Gasteiger partial charge in [0.25, 0.3) is 0 Å². The topological polar surface area (TPSA) is 34.0 Å². The molecule has 5 heteroatoms. The highest BCUT2D eigenvalue weighted by Gasteiger charge is 2.13. The minimum atomic E-state index is 0.437. The Morgan fingerprint density at radius 1 is 1.44 bits per heavy atom. The van der Waals surface area contributed by atoms with E-state index in [2.05, 4.69) is 46.6 Å². The summed E-state index contributed by atoms with van der Waals surface area (Å²) in [4.78, 5) is 6.64. The van der Waals surface area contributed by atoms with Gasteiger partial charge in [0, 0.05) is 23.3 Å². The highest BCUT2D eigenvalue weighted by atomic mass is 32.1. The molecular formula is C13H20N4S. The molecule has 1 unspecified atom stereocenters. The lowest BCUT2D eigenvalue weighted by Gasteiger charge is -2.24. The lowest BCUT2D eigenvalue weighted by atomic mass is 10.3. The van der Waals surface area contributed by atoms with Crippen LogP contribution in [0.3, 0.4) is 0 Å². The van der Waals surface area contributed by atoms with Crippen molar-refractivity contribution in [3.05, 3.63) is 34.0 Å². The molecule has 0 aromatic carbocycles.